The van der Waals surface area contributed by atoms with Gasteiger partial charge in [0.15, 0.2) is 0 Å². The van der Waals surface area contributed by atoms with E-state index in [0.29, 0.717) is 50.1 Å². The van der Waals surface area contributed by atoms with Gasteiger partial charge in [-0.1, -0.05) is 81.3 Å². The lowest BCUT2D eigenvalue weighted by Crippen LogP contribution is -2.38. The second-order valence-electron chi connectivity index (χ2n) is 13.7. The molecule has 2 aliphatic heterocycles. The summed E-state index contributed by atoms with van der Waals surface area (Å²) >= 11 is 0. The van der Waals surface area contributed by atoms with Crippen LogP contribution in [-0.2, 0) is 44.2 Å². The molecule has 3 aromatic carbocycles. The molecular weight excluding hydrogens is 608 g/mol. The number of carbonyl (C=O) groups is 3. The van der Waals surface area contributed by atoms with Crippen LogP contribution in [0.15, 0.2) is 72.8 Å². The fourth-order valence-corrected chi connectivity index (χ4v) is 7.29. The minimum absolute atomic E-state index is 0.0145. The smallest absolute Gasteiger partial charge is 0.255 e. The second kappa shape index (κ2) is 15.3. The third-order valence-electron chi connectivity index (χ3n) is 10.4. The van der Waals surface area contributed by atoms with Crippen LogP contribution in [0.5, 0.6) is 0 Å². The van der Waals surface area contributed by atoms with Crippen molar-refractivity contribution < 1.29 is 14.4 Å². The highest BCUT2D eigenvalue weighted by Crippen LogP contribution is 2.35. The standard InChI is InChI=1S/C42H50N4O3/c1-5-7-20-44(21-8-6-2)41(48)36-27-39(43(4)30(36)3)37-25-33-19-22-45(40(47)24-31-14-10-9-11-15-31)29-35(33)26-38(37)42(49)46-23-18-32-16-12-13-17-34(32)28-46/h9-17,25-27H,5-8,18-24,28-29H2,1-4H3. The van der Waals surface area contributed by atoms with Gasteiger partial charge in [0.05, 0.1) is 12.0 Å². The predicted octanol–water partition coefficient (Wildman–Crippen LogP) is 7.37. The van der Waals surface area contributed by atoms with E-state index in [1.807, 2.05) is 77.2 Å². The topological polar surface area (TPSA) is 65.9 Å². The molecule has 0 atom stereocenters. The Kier molecular flexibility index (Phi) is 10.7. The monoisotopic (exact) mass is 658 g/mol. The summed E-state index contributed by atoms with van der Waals surface area (Å²) in [5, 5.41) is 0. The lowest BCUT2D eigenvalue weighted by atomic mass is 9.90. The van der Waals surface area contributed by atoms with Crippen LogP contribution in [0.3, 0.4) is 0 Å². The number of hydrogen-bond donors (Lipinski definition) is 0. The Morgan fingerprint density at radius 2 is 1.35 bits per heavy atom. The van der Waals surface area contributed by atoms with Crippen LogP contribution < -0.4 is 0 Å². The van der Waals surface area contributed by atoms with Gasteiger partial charge in [-0.2, -0.15) is 0 Å². The van der Waals surface area contributed by atoms with Crippen LogP contribution in [0.1, 0.15) is 93.8 Å². The average molecular weight is 659 g/mol. The molecule has 2 aliphatic rings. The van der Waals surface area contributed by atoms with Gasteiger partial charge in [0.25, 0.3) is 11.8 Å². The van der Waals surface area contributed by atoms with E-state index in [0.717, 1.165) is 78.8 Å². The highest BCUT2D eigenvalue weighted by molar-refractivity contribution is 6.03. The van der Waals surface area contributed by atoms with Crippen molar-refractivity contribution in [2.45, 2.75) is 78.8 Å². The van der Waals surface area contributed by atoms with Gasteiger partial charge in [0.2, 0.25) is 5.91 Å². The van der Waals surface area contributed by atoms with E-state index in [4.69, 9.17) is 0 Å². The Balaban J connectivity index is 1.37. The molecule has 3 amide bonds. The molecule has 0 radical (unpaired) electrons. The molecule has 7 nitrogen and oxygen atoms in total. The molecule has 0 bridgehead atoms. The number of fused-ring (bicyclic) bond motifs is 2. The second-order valence-corrected chi connectivity index (χ2v) is 13.7. The maximum Gasteiger partial charge on any atom is 0.255 e. The summed E-state index contributed by atoms with van der Waals surface area (Å²) in [7, 11) is 2.00. The fourth-order valence-electron chi connectivity index (χ4n) is 7.29. The summed E-state index contributed by atoms with van der Waals surface area (Å²) in [6.45, 7) is 10.1. The third-order valence-corrected chi connectivity index (χ3v) is 10.4. The van der Waals surface area contributed by atoms with Crippen LogP contribution in [0.2, 0.25) is 0 Å². The molecule has 0 spiro atoms. The van der Waals surface area contributed by atoms with Crippen molar-refractivity contribution >= 4 is 17.7 Å². The number of hydrogen-bond acceptors (Lipinski definition) is 3. The summed E-state index contributed by atoms with van der Waals surface area (Å²) < 4.78 is 2.08. The van der Waals surface area contributed by atoms with Gasteiger partial charge < -0.3 is 19.3 Å². The molecule has 0 saturated heterocycles. The first kappa shape index (κ1) is 34.2. The van der Waals surface area contributed by atoms with Gasteiger partial charge in [0, 0.05) is 68.8 Å². The zero-order valence-electron chi connectivity index (χ0n) is 29.6. The summed E-state index contributed by atoms with van der Waals surface area (Å²) in [6.07, 6.45) is 5.91. The normalized spacial score (nSPS) is 14.0. The number of unbranched alkanes of at least 4 members (excludes halogenated alkanes) is 2. The van der Waals surface area contributed by atoms with Crippen LogP contribution in [0.25, 0.3) is 11.3 Å². The lowest BCUT2D eigenvalue weighted by Gasteiger charge is -2.32. The zero-order chi connectivity index (χ0) is 34.5. The number of rotatable bonds is 11. The molecular formula is C42H50N4O3. The van der Waals surface area contributed by atoms with Gasteiger partial charge in [-0.25, -0.2) is 0 Å². The number of carbonyl (C=O) groups excluding carboxylic acids is 3. The van der Waals surface area contributed by atoms with E-state index in [2.05, 4.69) is 42.7 Å². The molecule has 6 rings (SSSR count). The molecule has 4 aromatic rings. The van der Waals surface area contributed by atoms with Gasteiger partial charge in [-0.05, 0) is 78.6 Å². The van der Waals surface area contributed by atoms with Crippen molar-refractivity contribution in [3.05, 3.63) is 117 Å². The van der Waals surface area contributed by atoms with Crippen molar-refractivity contribution in [3.8, 4) is 11.3 Å². The number of benzene rings is 3. The SMILES string of the molecule is CCCCN(CCCC)C(=O)c1cc(-c2cc3c(cc2C(=O)N2CCc4ccccc4C2)CN(C(=O)Cc2ccccc2)CC3)n(C)c1C. The van der Waals surface area contributed by atoms with E-state index >= 15 is 0 Å². The average Bonchev–Trinajstić information content (AvgIpc) is 3.43. The van der Waals surface area contributed by atoms with E-state index in [1.54, 1.807) is 0 Å². The summed E-state index contributed by atoms with van der Waals surface area (Å²) in [5.74, 6) is 0.143. The fraction of sp³-hybridized carbons (Fsp3) is 0.405. The number of amides is 3. The third kappa shape index (κ3) is 7.36. The van der Waals surface area contributed by atoms with E-state index in [1.165, 1.54) is 11.1 Å². The quantitative estimate of drug-likeness (QED) is 0.169. The molecule has 0 saturated carbocycles. The van der Waals surface area contributed by atoms with Gasteiger partial charge in [-0.15, -0.1) is 0 Å². The Morgan fingerprint density at radius 3 is 2.06 bits per heavy atom. The number of nitrogens with zero attached hydrogens (tertiary/aromatic N) is 4. The van der Waals surface area contributed by atoms with Gasteiger partial charge >= 0.3 is 0 Å². The molecule has 256 valence electrons. The Morgan fingerprint density at radius 1 is 0.714 bits per heavy atom. The molecule has 0 unspecified atom stereocenters. The molecule has 1 aromatic heterocycles. The predicted molar refractivity (Wildman–Crippen MR) is 195 cm³/mol. The summed E-state index contributed by atoms with van der Waals surface area (Å²) in [6, 6.07) is 24.4. The summed E-state index contributed by atoms with van der Waals surface area (Å²) in [4.78, 5) is 47.9. The van der Waals surface area contributed by atoms with Crippen molar-refractivity contribution in [2.24, 2.45) is 7.05 Å². The molecule has 0 aliphatic carbocycles. The molecule has 7 heteroatoms. The minimum Gasteiger partial charge on any atom is -0.347 e. The Labute approximate surface area is 291 Å². The van der Waals surface area contributed by atoms with Crippen LogP contribution >= 0.6 is 0 Å². The first-order chi connectivity index (χ1) is 23.8. The van der Waals surface area contributed by atoms with Crippen molar-refractivity contribution in [1.29, 1.82) is 0 Å². The largest absolute Gasteiger partial charge is 0.347 e. The first-order valence-corrected chi connectivity index (χ1v) is 18.1. The number of aromatic nitrogens is 1. The summed E-state index contributed by atoms with van der Waals surface area (Å²) in [5.41, 5.74) is 9.60. The zero-order valence-corrected chi connectivity index (χ0v) is 29.6. The van der Waals surface area contributed by atoms with Crippen LogP contribution in [0.4, 0.5) is 0 Å². The van der Waals surface area contributed by atoms with E-state index < -0.39 is 0 Å². The highest BCUT2D eigenvalue weighted by atomic mass is 16.2. The van der Waals surface area contributed by atoms with Crippen molar-refractivity contribution in [1.82, 2.24) is 19.3 Å². The molecule has 49 heavy (non-hydrogen) atoms. The van der Waals surface area contributed by atoms with Crippen LogP contribution in [-0.4, -0.2) is 63.2 Å². The Hall–Kier alpha value is -4.65. The van der Waals surface area contributed by atoms with Crippen LogP contribution in [0, 0.1) is 6.92 Å². The molecule has 0 fully saturated rings. The molecule has 3 heterocycles. The van der Waals surface area contributed by atoms with Gasteiger partial charge in [-0.3, -0.25) is 14.4 Å². The van der Waals surface area contributed by atoms with E-state index in [-0.39, 0.29) is 17.7 Å². The maximum absolute atomic E-state index is 14.6. The Bertz CT molecular complexity index is 1820. The highest BCUT2D eigenvalue weighted by Gasteiger charge is 2.30. The first-order valence-electron chi connectivity index (χ1n) is 18.1. The maximum atomic E-state index is 14.6. The van der Waals surface area contributed by atoms with Crippen molar-refractivity contribution in [3.63, 3.8) is 0 Å². The van der Waals surface area contributed by atoms with Crippen molar-refractivity contribution in [2.75, 3.05) is 26.2 Å². The lowest BCUT2D eigenvalue weighted by molar-refractivity contribution is -0.131. The minimum atomic E-state index is -0.0145. The molecule has 0 N–H and O–H groups in total. The van der Waals surface area contributed by atoms with Gasteiger partial charge in [0.1, 0.15) is 0 Å². The van der Waals surface area contributed by atoms with E-state index in [9.17, 15) is 14.4 Å².